The van der Waals surface area contributed by atoms with Crippen LogP contribution in [0.25, 0.3) is 10.9 Å². The molecule has 0 radical (unpaired) electrons. The van der Waals surface area contributed by atoms with E-state index in [2.05, 4.69) is 10.3 Å². The molecule has 0 unspecified atom stereocenters. The molecular weight excluding hydrogens is 378 g/mol. The Labute approximate surface area is 166 Å². The van der Waals surface area contributed by atoms with Gasteiger partial charge in [0.1, 0.15) is 5.75 Å². The highest BCUT2D eigenvalue weighted by atomic mass is 35.5. The summed E-state index contributed by atoms with van der Waals surface area (Å²) in [6.07, 6.45) is 2.06. The van der Waals surface area contributed by atoms with Gasteiger partial charge in [0.15, 0.2) is 5.54 Å². The number of carbonyl (C=O) groups excluding carboxylic acids is 2. The number of carbonyl (C=O) groups is 2. The fraction of sp³-hybridized carbons (Fsp3) is 0.190. The van der Waals surface area contributed by atoms with Gasteiger partial charge in [-0.2, -0.15) is 0 Å². The number of nitrogens with zero attached hydrogens (tertiary/aromatic N) is 2. The average molecular weight is 394 g/mol. The van der Waals surface area contributed by atoms with Gasteiger partial charge < -0.3 is 10.1 Å². The number of aromatic nitrogens is 1. The van der Waals surface area contributed by atoms with E-state index in [1.54, 1.807) is 24.4 Å². The summed E-state index contributed by atoms with van der Waals surface area (Å²) in [7, 11) is 0. The van der Waals surface area contributed by atoms with E-state index >= 15 is 0 Å². The number of hydrogen-bond donors (Lipinski definition) is 1. The van der Waals surface area contributed by atoms with E-state index in [-0.39, 0.29) is 12.5 Å². The number of nitrogens with one attached hydrogen (secondary N) is 1. The van der Waals surface area contributed by atoms with Crippen molar-refractivity contribution in [1.82, 2.24) is 15.2 Å². The van der Waals surface area contributed by atoms with Crippen LogP contribution < -0.4 is 10.1 Å². The van der Waals surface area contributed by atoms with Crippen molar-refractivity contribution in [3.63, 3.8) is 0 Å². The van der Waals surface area contributed by atoms with Gasteiger partial charge in [-0.3, -0.25) is 14.7 Å². The van der Waals surface area contributed by atoms with Crippen LogP contribution in [-0.4, -0.2) is 28.4 Å². The molecule has 1 spiro atoms. The Morgan fingerprint density at radius 3 is 2.89 bits per heavy atom. The highest BCUT2D eigenvalue weighted by molar-refractivity contribution is 6.35. The lowest BCUT2D eigenvalue weighted by atomic mass is 9.84. The van der Waals surface area contributed by atoms with Crippen LogP contribution >= 0.6 is 11.6 Å². The van der Waals surface area contributed by atoms with Gasteiger partial charge in [-0.25, -0.2) is 4.79 Å². The van der Waals surface area contributed by atoms with Crippen LogP contribution in [0, 0.1) is 0 Å². The first-order valence-electron chi connectivity index (χ1n) is 8.99. The summed E-state index contributed by atoms with van der Waals surface area (Å²) >= 11 is 6.26. The maximum Gasteiger partial charge on any atom is 0.325 e. The molecule has 2 aliphatic heterocycles. The highest BCUT2D eigenvalue weighted by Crippen LogP contribution is 2.41. The predicted octanol–water partition coefficient (Wildman–Crippen LogP) is 3.62. The van der Waals surface area contributed by atoms with Crippen LogP contribution in [0.15, 0.2) is 54.7 Å². The molecule has 0 bridgehead atoms. The van der Waals surface area contributed by atoms with Gasteiger partial charge in [0.2, 0.25) is 0 Å². The molecule has 6 nitrogen and oxygen atoms in total. The monoisotopic (exact) mass is 393 g/mol. The Balaban J connectivity index is 1.55. The number of hydrogen-bond acceptors (Lipinski definition) is 4. The molecular formula is C21H16ClN3O3. The maximum absolute atomic E-state index is 13.4. The van der Waals surface area contributed by atoms with E-state index in [9.17, 15) is 9.59 Å². The molecule has 3 amide bonds. The third kappa shape index (κ3) is 2.38. The number of amides is 3. The number of para-hydroxylation sites is 1. The summed E-state index contributed by atoms with van der Waals surface area (Å²) in [5.41, 5.74) is 1.06. The Morgan fingerprint density at radius 1 is 1.14 bits per heavy atom. The van der Waals surface area contributed by atoms with Gasteiger partial charge in [-0.15, -0.1) is 0 Å². The molecule has 140 valence electrons. The molecule has 5 rings (SSSR count). The lowest BCUT2D eigenvalue weighted by Crippen LogP contribution is -2.47. The van der Waals surface area contributed by atoms with Crippen molar-refractivity contribution in [1.29, 1.82) is 0 Å². The number of fused-ring (bicyclic) bond motifs is 3. The van der Waals surface area contributed by atoms with Crippen LogP contribution in [0.5, 0.6) is 5.75 Å². The quantitative estimate of drug-likeness (QED) is 0.675. The van der Waals surface area contributed by atoms with Crippen molar-refractivity contribution in [3.05, 3.63) is 70.9 Å². The first-order chi connectivity index (χ1) is 13.6. The number of imide groups is 1. The first-order valence-corrected chi connectivity index (χ1v) is 9.36. The molecule has 1 fully saturated rings. The van der Waals surface area contributed by atoms with E-state index in [0.29, 0.717) is 34.9 Å². The molecule has 3 aromatic rings. The number of halogens is 1. The summed E-state index contributed by atoms with van der Waals surface area (Å²) in [6, 6.07) is 14.2. The lowest BCUT2D eigenvalue weighted by molar-refractivity contribution is -0.133. The molecule has 1 saturated heterocycles. The van der Waals surface area contributed by atoms with Gasteiger partial charge in [0.05, 0.1) is 18.7 Å². The van der Waals surface area contributed by atoms with Crippen LogP contribution in [0.2, 0.25) is 5.02 Å². The topological polar surface area (TPSA) is 71.5 Å². The summed E-state index contributed by atoms with van der Waals surface area (Å²) < 4.78 is 5.67. The average Bonchev–Trinajstić information content (AvgIpc) is 2.95. The minimum Gasteiger partial charge on any atom is -0.493 e. The second-order valence-corrected chi connectivity index (χ2v) is 7.33. The van der Waals surface area contributed by atoms with Crippen LogP contribution in [0.1, 0.15) is 17.5 Å². The van der Waals surface area contributed by atoms with Crippen LogP contribution in [0.4, 0.5) is 4.79 Å². The Bertz CT molecular complexity index is 1130. The standard InChI is InChI=1S/C21H16ClN3O3/c22-16-8-7-13(18-14(16)4-3-10-23-18)12-25-19(26)21(24-20(25)27)9-11-28-17-6-2-1-5-15(17)21/h1-8,10H,9,11-12H2,(H,24,27)/t21-/m0/s1. The Hall–Kier alpha value is -3.12. The minimum absolute atomic E-state index is 0.125. The zero-order valence-electron chi connectivity index (χ0n) is 14.8. The third-order valence-corrected chi connectivity index (χ3v) is 5.72. The zero-order valence-corrected chi connectivity index (χ0v) is 15.6. The van der Waals surface area contributed by atoms with E-state index in [0.717, 1.165) is 10.9 Å². The summed E-state index contributed by atoms with van der Waals surface area (Å²) in [5, 5.41) is 4.29. The Morgan fingerprint density at radius 2 is 2.00 bits per heavy atom. The molecule has 1 N–H and O–H groups in total. The lowest BCUT2D eigenvalue weighted by Gasteiger charge is -2.33. The van der Waals surface area contributed by atoms with E-state index in [1.807, 2.05) is 30.3 Å². The second kappa shape index (κ2) is 6.21. The largest absolute Gasteiger partial charge is 0.493 e. The second-order valence-electron chi connectivity index (χ2n) is 6.93. The number of ether oxygens (including phenoxy) is 1. The minimum atomic E-state index is -1.08. The number of benzene rings is 2. The number of rotatable bonds is 2. The molecule has 3 heterocycles. The first kappa shape index (κ1) is 17.0. The van der Waals surface area contributed by atoms with Crippen molar-refractivity contribution in [2.45, 2.75) is 18.5 Å². The van der Waals surface area contributed by atoms with Crippen molar-refractivity contribution >= 4 is 34.4 Å². The van der Waals surface area contributed by atoms with Gasteiger partial charge in [-0.1, -0.05) is 35.9 Å². The van der Waals surface area contributed by atoms with Crippen molar-refractivity contribution < 1.29 is 14.3 Å². The van der Waals surface area contributed by atoms with Gasteiger partial charge in [0, 0.05) is 28.6 Å². The molecule has 28 heavy (non-hydrogen) atoms. The smallest absolute Gasteiger partial charge is 0.325 e. The normalized spacial score (nSPS) is 21.0. The van der Waals surface area contributed by atoms with Crippen LogP contribution in [-0.2, 0) is 16.9 Å². The fourth-order valence-electron chi connectivity index (χ4n) is 4.01. The molecule has 1 atom stereocenters. The molecule has 7 heteroatoms. The van der Waals surface area contributed by atoms with Crippen molar-refractivity contribution in [2.75, 3.05) is 6.61 Å². The van der Waals surface area contributed by atoms with Crippen LogP contribution in [0.3, 0.4) is 0 Å². The zero-order chi connectivity index (χ0) is 19.3. The SMILES string of the molecule is O=C1N[C@]2(CCOc3ccccc32)C(=O)N1Cc1ccc(Cl)c2cccnc12. The maximum atomic E-state index is 13.4. The molecule has 1 aromatic heterocycles. The number of urea groups is 1. The van der Waals surface area contributed by atoms with E-state index < -0.39 is 11.6 Å². The predicted molar refractivity (Wildman–Crippen MR) is 104 cm³/mol. The van der Waals surface area contributed by atoms with Crippen molar-refractivity contribution in [3.8, 4) is 5.75 Å². The number of pyridine rings is 1. The fourth-order valence-corrected chi connectivity index (χ4v) is 4.23. The van der Waals surface area contributed by atoms with Gasteiger partial charge in [0.25, 0.3) is 5.91 Å². The molecule has 2 aromatic carbocycles. The highest BCUT2D eigenvalue weighted by Gasteiger charge is 2.54. The van der Waals surface area contributed by atoms with Crippen molar-refractivity contribution in [2.24, 2.45) is 0 Å². The molecule has 0 aliphatic carbocycles. The van der Waals surface area contributed by atoms with Gasteiger partial charge in [-0.05, 0) is 29.8 Å². The third-order valence-electron chi connectivity index (χ3n) is 5.39. The summed E-state index contributed by atoms with van der Waals surface area (Å²) in [6.45, 7) is 0.489. The Kier molecular flexibility index (Phi) is 3.77. The summed E-state index contributed by atoms with van der Waals surface area (Å²) in [5.74, 6) is 0.357. The molecule has 0 saturated carbocycles. The molecule has 2 aliphatic rings. The summed E-state index contributed by atoms with van der Waals surface area (Å²) in [4.78, 5) is 31.8. The van der Waals surface area contributed by atoms with Gasteiger partial charge >= 0.3 is 6.03 Å². The van der Waals surface area contributed by atoms with E-state index in [4.69, 9.17) is 16.3 Å². The van der Waals surface area contributed by atoms with E-state index in [1.165, 1.54) is 4.90 Å².